The van der Waals surface area contributed by atoms with Gasteiger partial charge in [-0.15, -0.1) is 11.8 Å². The highest BCUT2D eigenvalue weighted by Gasteiger charge is 2.18. The van der Waals surface area contributed by atoms with E-state index < -0.39 is 0 Å². The first-order chi connectivity index (χ1) is 5.88. The summed E-state index contributed by atoms with van der Waals surface area (Å²) in [6.07, 6.45) is 2.11. The molecule has 0 radical (unpaired) electrons. The molecule has 1 aliphatic rings. The first-order valence-electron chi connectivity index (χ1n) is 3.89. The highest BCUT2D eigenvalue weighted by molar-refractivity contribution is 8.02. The highest BCUT2D eigenvalue weighted by atomic mass is 32.2. The highest BCUT2D eigenvalue weighted by Crippen LogP contribution is 2.30. The summed E-state index contributed by atoms with van der Waals surface area (Å²) in [4.78, 5) is 1.34. The molecule has 0 bridgehead atoms. The van der Waals surface area contributed by atoms with Gasteiger partial charge in [-0.1, -0.05) is 24.1 Å². The fourth-order valence-electron chi connectivity index (χ4n) is 1.07. The summed E-state index contributed by atoms with van der Waals surface area (Å²) in [5.74, 6) is 1.20. The standard InChI is InChI=1S/C9H11NS2/c1-11-9-4-2-8(3-5-9)6-10-7-12-10/h2-5H,6-7H2,1H3. The zero-order valence-corrected chi connectivity index (χ0v) is 8.62. The Kier molecular flexibility index (Phi) is 2.63. The number of hydrogen-bond acceptors (Lipinski definition) is 3. The van der Waals surface area contributed by atoms with E-state index in [1.165, 1.54) is 16.3 Å². The monoisotopic (exact) mass is 197 g/mol. The van der Waals surface area contributed by atoms with E-state index in [0.29, 0.717) is 0 Å². The molecule has 0 aliphatic carbocycles. The Labute approximate surface area is 81.7 Å². The van der Waals surface area contributed by atoms with Gasteiger partial charge in [-0.25, -0.2) is 4.31 Å². The zero-order chi connectivity index (χ0) is 8.39. The van der Waals surface area contributed by atoms with Crippen molar-refractivity contribution in [1.29, 1.82) is 0 Å². The number of rotatable bonds is 3. The predicted molar refractivity (Wildman–Crippen MR) is 56.2 cm³/mol. The van der Waals surface area contributed by atoms with E-state index in [2.05, 4.69) is 34.8 Å². The zero-order valence-electron chi connectivity index (χ0n) is 6.99. The quantitative estimate of drug-likeness (QED) is 0.416. The van der Waals surface area contributed by atoms with E-state index in [9.17, 15) is 0 Å². The molecule has 2 rings (SSSR count). The second-order valence-electron chi connectivity index (χ2n) is 2.75. The normalized spacial score (nSPS) is 20.9. The third-order valence-corrected chi connectivity index (χ3v) is 3.33. The second-order valence-corrected chi connectivity index (χ2v) is 4.66. The van der Waals surface area contributed by atoms with Gasteiger partial charge in [0, 0.05) is 11.4 Å². The molecule has 1 nitrogen and oxygen atoms in total. The van der Waals surface area contributed by atoms with Crippen LogP contribution in [0.3, 0.4) is 0 Å². The van der Waals surface area contributed by atoms with Gasteiger partial charge < -0.3 is 0 Å². The van der Waals surface area contributed by atoms with Gasteiger partial charge in [0.25, 0.3) is 0 Å². The fourth-order valence-corrected chi connectivity index (χ4v) is 1.89. The maximum absolute atomic E-state index is 2.34. The van der Waals surface area contributed by atoms with Crippen molar-refractivity contribution in [2.24, 2.45) is 0 Å². The average Bonchev–Trinajstić information content (AvgIpc) is 2.90. The first-order valence-corrected chi connectivity index (χ1v) is 6.06. The Morgan fingerprint density at radius 1 is 1.42 bits per heavy atom. The van der Waals surface area contributed by atoms with Gasteiger partial charge in [-0.3, -0.25) is 0 Å². The Hall–Kier alpha value is -0.120. The largest absolute Gasteiger partial charge is 0.234 e. The molecule has 0 saturated carbocycles. The second kappa shape index (κ2) is 3.73. The first kappa shape index (κ1) is 8.48. The number of hydrogen-bond donors (Lipinski definition) is 0. The molecule has 0 N–H and O–H groups in total. The van der Waals surface area contributed by atoms with Crippen LogP contribution < -0.4 is 0 Å². The lowest BCUT2D eigenvalue weighted by molar-refractivity contribution is 0.627. The van der Waals surface area contributed by atoms with Gasteiger partial charge in [0.1, 0.15) is 0 Å². The van der Waals surface area contributed by atoms with Crippen molar-refractivity contribution >= 4 is 23.7 Å². The lowest BCUT2D eigenvalue weighted by Gasteiger charge is -2.00. The molecule has 1 aromatic rings. The molecule has 1 aromatic carbocycles. The molecule has 0 spiro atoms. The van der Waals surface area contributed by atoms with Crippen molar-refractivity contribution in [3.05, 3.63) is 29.8 Å². The summed E-state index contributed by atoms with van der Waals surface area (Å²) >= 11 is 3.69. The van der Waals surface area contributed by atoms with Crippen LogP contribution in [0.1, 0.15) is 5.56 Å². The number of nitrogens with zero attached hydrogens (tertiary/aromatic N) is 1. The lowest BCUT2D eigenvalue weighted by Crippen LogP contribution is -1.93. The van der Waals surface area contributed by atoms with Crippen molar-refractivity contribution in [3.8, 4) is 0 Å². The summed E-state index contributed by atoms with van der Waals surface area (Å²) in [6, 6.07) is 8.80. The van der Waals surface area contributed by atoms with Crippen LogP contribution >= 0.6 is 23.7 Å². The average molecular weight is 197 g/mol. The molecule has 0 amide bonds. The number of benzene rings is 1. The predicted octanol–water partition coefficient (Wildman–Crippen LogP) is 2.83. The molecular formula is C9H11NS2. The van der Waals surface area contributed by atoms with Gasteiger partial charge in [0.2, 0.25) is 0 Å². The van der Waals surface area contributed by atoms with Gasteiger partial charge in [0.15, 0.2) is 0 Å². The minimum atomic E-state index is 1.10. The van der Waals surface area contributed by atoms with Gasteiger partial charge in [-0.2, -0.15) is 0 Å². The Balaban J connectivity index is 2.02. The molecule has 1 aliphatic heterocycles. The maximum atomic E-state index is 2.34. The Bertz CT molecular complexity index is 254. The molecule has 64 valence electrons. The van der Waals surface area contributed by atoms with E-state index in [1.807, 2.05) is 11.9 Å². The lowest BCUT2D eigenvalue weighted by atomic mass is 10.2. The third kappa shape index (κ3) is 2.19. The minimum absolute atomic E-state index is 1.10. The summed E-state index contributed by atoms with van der Waals surface area (Å²) in [7, 11) is 0. The molecule has 1 atom stereocenters. The summed E-state index contributed by atoms with van der Waals surface area (Å²) in [5.41, 5.74) is 1.41. The Morgan fingerprint density at radius 3 is 2.58 bits per heavy atom. The van der Waals surface area contributed by atoms with Crippen LogP contribution in [-0.4, -0.2) is 16.4 Å². The van der Waals surface area contributed by atoms with Crippen LogP contribution in [0.15, 0.2) is 29.2 Å². The van der Waals surface area contributed by atoms with Gasteiger partial charge in [0.05, 0.1) is 5.88 Å². The molecule has 1 unspecified atom stereocenters. The molecule has 3 heteroatoms. The fraction of sp³-hybridized carbons (Fsp3) is 0.333. The van der Waals surface area contributed by atoms with Gasteiger partial charge in [-0.05, 0) is 24.0 Å². The summed E-state index contributed by atoms with van der Waals surface area (Å²) in [5, 5.41) is 0. The van der Waals surface area contributed by atoms with Gasteiger partial charge >= 0.3 is 0 Å². The molecule has 1 fully saturated rings. The van der Waals surface area contributed by atoms with Crippen molar-refractivity contribution in [3.63, 3.8) is 0 Å². The van der Waals surface area contributed by atoms with Crippen molar-refractivity contribution in [2.75, 3.05) is 12.1 Å². The maximum Gasteiger partial charge on any atom is 0.0698 e. The summed E-state index contributed by atoms with van der Waals surface area (Å²) in [6.45, 7) is 1.10. The van der Waals surface area contributed by atoms with E-state index in [0.717, 1.165) is 6.54 Å². The van der Waals surface area contributed by atoms with Crippen LogP contribution in [0, 0.1) is 0 Å². The minimum Gasteiger partial charge on any atom is -0.234 e. The van der Waals surface area contributed by atoms with E-state index in [-0.39, 0.29) is 0 Å². The smallest absolute Gasteiger partial charge is 0.0698 e. The van der Waals surface area contributed by atoms with E-state index >= 15 is 0 Å². The van der Waals surface area contributed by atoms with E-state index in [1.54, 1.807) is 11.8 Å². The van der Waals surface area contributed by atoms with Crippen LogP contribution in [-0.2, 0) is 6.54 Å². The molecular weight excluding hydrogens is 186 g/mol. The van der Waals surface area contributed by atoms with Crippen LogP contribution in [0.25, 0.3) is 0 Å². The molecule has 12 heavy (non-hydrogen) atoms. The van der Waals surface area contributed by atoms with Crippen LogP contribution in [0.5, 0.6) is 0 Å². The molecule has 1 heterocycles. The van der Waals surface area contributed by atoms with Crippen molar-refractivity contribution in [2.45, 2.75) is 11.4 Å². The van der Waals surface area contributed by atoms with E-state index in [4.69, 9.17) is 0 Å². The summed E-state index contributed by atoms with van der Waals surface area (Å²) < 4.78 is 2.34. The molecule has 1 saturated heterocycles. The Morgan fingerprint density at radius 2 is 2.08 bits per heavy atom. The van der Waals surface area contributed by atoms with Crippen molar-refractivity contribution < 1.29 is 0 Å². The van der Waals surface area contributed by atoms with Crippen LogP contribution in [0.4, 0.5) is 0 Å². The SMILES string of the molecule is CSc1ccc(CN2CS2)cc1. The molecule has 0 aromatic heterocycles. The topological polar surface area (TPSA) is 3.01 Å². The van der Waals surface area contributed by atoms with Crippen LogP contribution in [0.2, 0.25) is 0 Å². The number of thioether (sulfide) groups is 1. The van der Waals surface area contributed by atoms with Crippen molar-refractivity contribution in [1.82, 2.24) is 4.31 Å². The third-order valence-electron chi connectivity index (χ3n) is 1.83.